The van der Waals surface area contributed by atoms with Crippen LogP contribution in [-0.4, -0.2) is 40.4 Å². The number of carbonyl (C=O) groups is 2. The highest BCUT2D eigenvalue weighted by Gasteiger charge is 2.47. The highest BCUT2D eigenvalue weighted by atomic mass is 16.5. The number of Topliss-reactive ketones (excluding diaryl/α,β-unsaturated/α-hetero) is 1. The topological polar surface area (TPSA) is 72.6 Å². The molecular formula is C19H18N2O4. The van der Waals surface area contributed by atoms with E-state index in [0.29, 0.717) is 48.9 Å². The first-order chi connectivity index (χ1) is 12.1. The Kier molecular flexibility index (Phi) is 3.04. The summed E-state index contributed by atoms with van der Waals surface area (Å²) in [6.07, 6.45) is 3.15. The number of carbonyl (C=O) groups excluding carboxylic acids is 2. The molecule has 1 aliphatic carbocycles. The van der Waals surface area contributed by atoms with Crippen LogP contribution in [0.1, 0.15) is 58.2 Å². The molecule has 1 amide bonds. The predicted octanol–water partition coefficient (Wildman–Crippen LogP) is 2.80. The van der Waals surface area contributed by atoms with Crippen molar-refractivity contribution >= 4 is 11.7 Å². The molecule has 0 N–H and O–H groups in total. The van der Waals surface area contributed by atoms with E-state index in [2.05, 4.69) is 5.16 Å². The zero-order valence-corrected chi connectivity index (χ0v) is 13.7. The van der Waals surface area contributed by atoms with Gasteiger partial charge in [-0.2, -0.15) is 0 Å². The summed E-state index contributed by atoms with van der Waals surface area (Å²) < 4.78 is 11.4. The van der Waals surface area contributed by atoms with Gasteiger partial charge >= 0.3 is 0 Å². The van der Waals surface area contributed by atoms with E-state index in [1.165, 1.54) is 0 Å². The van der Waals surface area contributed by atoms with Gasteiger partial charge in [0.2, 0.25) is 0 Å². The molecule has 1 aromatic heterocycles. The molecule has 1 saturated carbocycles. The standard InChI is InChI=1S/C19H18N2O4/c22-15-10-19(24-16-4-2-1-3-13(15)16)7-8-21(11-19)18(23)14-9-17(25-20-14)12-5-6-12/h1-4,9,12H,5-8,10-11H2/t19-/m0/s1. The van der Waals surface area contributed by atoms with E-state index in [1.807, 2.05) is 18.2 Å². The number of fused-ring (bicyclic) bond motifs is 1. The van der Waals surface area contributed by atoms with Gasteiger partial charge in [0.05, 0.1) is 18.5 Å². The van der Waals surface area contributed by atoms with Crippen molar-refractivity contribution in [1.82, 2.24) is 10.1 Å². The molecule has 2 aromatic rings. The Labute approximate surface area is 144 Å². The second kappa shape index (κ2) is 5.18. The molecule has 0 bridgehead atoms. The highest BCUT2D eigenvalue weighted by Crippen LogP contribution is 2.41. The molecule has 128 valence electrons. The van der Waals surface area contributed by atoms with E-state index in [1.54, 1.807) is 17.0 Å². The van der Waals surface area contributed by atoms with Gasteiger partial charge in [-0.3, -0.25) is 9.59 Å². The number of likely N-dealkylation sites (tertiary alicyclic amines) is 1. The van der Waals surface area contributed by atoms with E-state index >= 15 is 0 Å². The quantitative estimate of drug-likeness (QED) is 0.842. The third kappa shape index (κ3) is 2.44. The first kappa shape index (κ1) is 14.7. The number of benzene rings is 1. The summed E-state index contributed by atoms with van der Waals surface area (Å²) in [6, 6.07) is 9.06. The average Bonchev–Trinajstić information content (AvgIpc) is 3.21. The molecule has 1 saturated heterocycles. The van der Waals surface area contributed by atoms with Crippen LogP contribution in [0.2, 0.25) is 0 Å². The van der Waals surface area contributed by atoms with Gasteiger partial charge in [-0.25, -0.2) is 0 Å². The summed E-state index contributed by atoms with van der Waals surface area (Å²) in [6.45, 7) is 0.956. The molecular weight excluding hydrogens is 320 g/mol. The zero-order chi connectivity index (χ0) is 17.0. The van der Waals surface area contributed by atoms with Crippen LogP contribution in [-0.2, 0) is 0 Å². The number of ketones is 1. The lowest BCUT2D eigenvalue weighted by Gasteiger charge is -2.34. The Bertz CT molecular complexity index is 870. The van der Waals surface area contributed by atoms with Crippen molar-refractivity contribution in [3.8, 4) is 5.75 Å². The molecule has 1 aromatic carbocycles. The molecule has 1 atom stereocenters. The Morgan fingerprint density at radius 1 is 1.28 bits per heavy atom. The number of hydrogen-bond donors (Lipinski definition) is 0. The Morgan fingerprint density at radius 3 is 2.96 bits per heavy atom. The van der Waals surface area contributed by atoms with Gasteiger partial charge in [-0.05, 0) is 25.0 Å². The predicted molar refractivity (Wildman–Crippen MR) is 87.7 cm³/mol. The fourth-order valence-electron chi connectivity index (χ4n) is 3.80. The monoisotopic (exact) mass is 338 g/mol. The van der Waals surface area contributed by atoms with E-state index in [4.69, 9.17) is 9.26 Å². The lowest BCUT2D eigenvalue weighted by atomic mass is 9.89. The maximum absolute atomic E-state index is 12.7. The van der Waals surface area contributed by atoms with Gasteiger partial charge < -0.3 is 14.2 Å². The molecule has 0 radical (unpaired) electrons. The fourth-order valence-corrected chi connectivity index (χ4v) is 3.80. The minimum absolute atomic E-state index is 0.0774. The highest BCUT2D eigenvalue weighted by molar-refractivity contribution is 6.00. The van der Waals surface area contributed by atoms with Crippen molar-refractivity contribution in [1.29, 1.82) is 0 Å². The zero-order valence-electron chi connectivity index (χ0n) is 13.7. The van der Waals surface area contributed by atoms with Crippen molar-refractivity contribution < 1.29 is 18.8 Å². The third-order valence-electron chi connectivity index (χ3n) is 5.33. The van der Waals surface area contributed by atoms with Crippen molar-refractivity contribution in [2.75, 3.05) is 13.1 Å². The van der Waals surface area contributed by atoms with Crippen molar-refractivity contribution in [3.05, 3.63) is 47.3 Å². The number of para-hydroxylation sites is 1. The fraction of sp³-hybridized carbons (Fsp3) is 0.421. The van der Waals surface area contributed by atoms with Crippen LogP contribution in [0.5, 0.6) is 5.75 Å². The molecule has 3 aliphatic rings. The van der Waals surface area contributed by atoms with E-state index < -0.39 is 5.60 Å². The van der Waals surface area contributed by atoms with Gasteiger partial charge in [-0.15, -0.1) is 0 Å². The van der Waals surface area contributed by atoms with Crippen LogP contribution in [0, 0.1) is 0 Å². The first-order valence-electron chi connectivity index (χ1n) is 8.71. The molecule has 6 heteroatoms. The second-order valence-corrected chi connectivity index (χ2v) is 7.25. The Morgan fingerprint density at radius 2 is 2.12 bits per heavy atom. The second-order valence-electron chi connectivity index (χ2n) is 7.25. The molecule has 5 rings (SSSR count). The van der Waals surface area contributed by atoms with Gasteiger partial charge in [0, 0.05) is 24.9 Å². The van der Waals surface area contributed by atoms with Crippen LogP contribution in [0.25, 0.3) is 0 Å². The average molecular weight is 338 g/mol. The SMILES string of the molecule is O=C1C[C@]2(CCN(C(=O)c3cc(C4CC4)on3)C2)Oc2ccccc21. The minimum Gasteiger partial charge on any atom is -0.484 e. The maximum Gasteiger partial charge on any atom is 0.276 e. The number of rotatable bonds is 2. The summed E-state index contributed by atoms with van der Waals surface area (Å²) in [5.74, 6) is 1.77. The van der Waals surface area contributed by atoms with Crippen molar-refractivity contribution in [2.45, 2.75) is 37.2 Å². The summed E-state index contributed by atoms with van der Waals surface area (Å²) in [4.78, 5) is 26.9. The number of aromatic nitrogens is 1. The summed E-state index contributed by atoms with van der Waals surface area (Å²) in [7, 11) is 0. The summed E-state index contributed by atoms with van der Waals surface area (Å²) in [5.41, 5.74) is 0.356. The van der Waals surface area contributed by atoms with Crippen LogP contribution in [0.15, 0.2) is 34.9 Å². The Balaban J connectivity index is 1.35. The lowest BCUT2D eigenvalue weighted by Crippen LogP contribution is -2.45. The van der Waals surface area contributed by atoms with Gasteiger partial charge in [0.25, 0.3) is 5.91 Å². The molecule has 0 unspecified atom stereocenters. The smallest absolute Gasteiger partial charge is 0.276 e. The largest absolute Gasteiger partial charge is 0.484 e. The minimum atomic E-state index is -0.621. The number of ether oxygens (including phenoxy) is 1. The van der Waals surface area contributed by atoms with Crippen LogP contribution < -0.4 is 4.74 Å². The van der Waals surface area contributed by atoms with Crippen LogP contribution in [0.4, 0.5) is 0 Å². The summed E-state index contributed by atoms with van der Waals surface area (Å²) in [5, 5.41) is 3.93. The number of amides is 1. The number of hydrogen-bond acceptors (Lipinski definition) is 5. The maximum atomic E-state index is 12.7. The lowest BCUT2D eigenvalue weighted by molar-refractivity contribution is 0.0426. The molecule has 6 nitrogen and oxygen atoms in total. The Hall–Kier alpha value is -2.63. The van der Waals surface area contributed by atoms with Gasteiger partial charge in [0.1, 0.15) is 17.1 Å². The molecule has 25 heavy (non-hydrogen) atoms. The normalized spacial score (nSPS) is 25.1. The first-order valence-corrected chi connectivity index (χ1v) is 8.71. The summed E-state index contributed by atoms with van der Waals surface area (Å²) >= 11 is 0. The van der Waals surface area contributed by atoms with E-state index in [0.717, 1.165) is 18.6 Å². The van der Waals surface area contributed by atoms with E-state index in [-0.39, 0.29) is 11.7 Å². The molecule has 3 heterocycles. The van der Waals surface area contributed by atoms with Crippen LogP contribution in [0.3, 0.4) is 0 Å². The third-order valence-corrected chi connectivity index (χ3v) is 5.33. The van der Waals surface area contributed by atoms with Gasteiger partial charge in [0.15, 0.2) is 11.5 Å². The van der Waals surface area contributed by atoms with Gasteiger partial charge in [-0.1, -0.05) is 17.3 Å². The molecule has 1 spiro atoms. The van der Waals surface area contributed by atoms with Crippen LogP contribution >= 0.6 is 0 Å². The van der Waals surface area contributed by atoms with E-state index in [9.17, 15) is 9.59 Å². The molecule has 2 fully saturated rings. The molecule has 2 aliphatic heterocycles. The van der Waals surface area contributed by atoms with Crippen molar-refractivity contribution in [2.24, 2.45) is 0 Å². The number of nitrogens with zero attached hydrogens (tertiary/aromatic N) is 2. The van der Waals surface area contributed by atoms with Crippen molar-refractivity contribution in [3.63, 3.8) is 0 Å².